The van der Waals surface area contributed by atoms with E-state index in [9.17, 15) is 4.79 Å². The predicted octanol–water partition coefficient (Wildman–Crippen LogP) is 3.10. The number of amides is 1. The van der Waals surface area contributed by atoms with Crippen molar-refractivity contribution >= 4 is 17.3 Å². The van der Waals surface area contributed by atoms with Crippen LogP contribution in [0.2, 0.25) is 0 Å². The fourth-order valence-corrected chi connectivity index (χ4v) is 2.13. The average molecular weight is 269 g/mol. The number of nitrogens with one attached hydrogen (secondary N) is 1. The third kappa shape index (κ3) is 2.79. The monoisotopic (exact) mass is 269 g/mol. The first-order chi connectivity index (χ1) is 9.67. The van der Waals surface area contributed by atoms with Crippen molar-refractivity contribution in [3.05, 3.63) is 53.9 Å². The van der Waals surface area contributed by atoms with Crippen molar-refractivity contribution < 1.29 is 4.79 Å². The summed E-state index contributed by atoms with van der Waals surface area (Å²) in [7, 11) is 1.81. The molecule has 1 heterocycles. The molecule has 1 amide bonds. The summed E-state index contributed by atoms with van der Waals surface area (Å²) >= 11 is 0. The lowest BCUT2D eigenvalue weighted by Crippen LogP contribution is -2.31. The van der Waals surface area contributed by atoms with Crippen molar-refractivity contribution in [2.24, 2.45) is 0 Å². The van der Waals surface area contributed by atoms with E-state index in [1.807, 2.05) is 57.3 Å². The van der Waals surface area contributed by atoms with E-state index >= 15 is 0 Å². The van der Waals surface area contributed by atoms with Crippen LogP contribution in [0.5, 0.6) is 0 Å². The molecule has 0 bridgehead atoms. The number of para-hydroxylation sites is 1. The Hall–Kier alpha value is -2.36. The summed E-state index contributed by atoms with van der Waals surface area (Å²) in [4.78, 5) is 18.7. The molecule has 0 spiro atoms. The zero-order valence-electron chi connectivity index (χ0n) is 12.1. The van der Waals surface area contributed by atoms with Crippen LogP contribution < -0.4 is 10.2 Å². The van der Waals surface area contributed by atoms with Gasteiger partial charge in [0, 0.05) is 31.2 Å². The molecule has 1 aromatic heterocycles. The Morgan fingerprint density at radius 3 is 2.60 bits per heavy atom. The molecule has 0 unspecified atom stereocenters. The molecule has 20 heavy (non-hydrogen) atoms. The summed E-state index contributed by atoms with van der Waals surface area (Å²) in [5, 5.41) is 3.06. The van der Waals surface area contributed by atoms with Gasteiger partial charge in [-0.15, -0.1) is 0 Å². The smallest absolute Gasteiger partial charge is 0.261 e. The van der Waals surface area contributed by atoms with Crippen molar-refractivity contribution in [2.45, 2.75) is 13.8 Å². The van der Waals surface area contributed by atoms with E-state index in [1.165, 1.54) is 0 Å². The predicted molar refractivity (Wildman–Crippen MR) is 82.3 cm³/mol. The molecule has 104 valence electrons. The number of benzene rings is 1. The molecule has 1 N–H and O–H groups in total. The number of pyridine rings is 1. The highest BCUT2D eigenvalue weighted by molar-refractivity contribution is 6.09. The van der Waals surface area contributed by atoms with Crippen LogP contribution in [0.3, 0.4) is 0 Å². The molecule has 4 nitrogen and oxygen atoms in total. The first-order valence-corrected chi connectivity index (χ1v) is 6.68. The van der Waals surface area contributed by atoms with Gasteiger partial charge in [-0.3, -0.25) is 9.78 Å². The molecule has 0 fully saturated rings. The van der Waals surface area contributed by atoms with Crippen molar-refractivity contribution in [3.8, 4) is 0 Å². The Morgan fingerprint density at radius 2 is 2.00 bits per heavy atom. The minimum Gasteiger partial charge on any atom is -0.387 e. The van der Waals surface area contributed by atoms with Gasteiger partial charge in [0.05, 0.1) is 11.3 Å². The molecular weight excluding hydrogens is 250 g/mol. The number of aromatic nitrogens is 1. The maximum Gasteiger partial charge on any atom is 0.261 e. The molecule has 4 heteroatoms. The number of rotatable bonds is 4. The van der Waals surface area contributed by atoms with Crippen LogP contribution in [-0.2, 0) is 0 Å². The van der Waals surface area contributed by atoms with Crippen LogP contribution in [0.1, 0.15) is 23.0 Å². The highest BCUT2D eigenvalue weighted by Gasteiger charge is 2.19. The lowest BCUT2D eigenvalue weighted by atomic mass is 10.1. The molecule has 0 aliphatic carbocycles. The first-order valence-electron chi connectivity index (χ1n) is 6.68. The number of anilines is 2. The quantitative estimate of drug-likeness (QED) is 0.927. The van der Waals surface area contributed by atoms with Gasteiger partial charge in [-0.05, 0) is 32.0 Å². The van der Waals surface area contributed by atoms with E-state index in [2.05, 4.69) is 10.3 Å². The molecule has 0 saturated carbocycles. The second-order valence-electron chi connectivity index (χ2n) is 4.51. The van der Waals surface area contributed by atoms with Crippen molar-refractivity contribution in [3.63, 3.8) is 0 Å². The fourth-order valence-electron chi connectivity index (χ4n) is 2.13. The highest BCUT2D eigenvalue weighted by atomic mass is 16.2. The molecular formula is C16H19N3O. The Labute approximate surface area is 119 Å². The summed E-state index contributed by atoms with van der Waals surface area (Å²) in [5.74, 6) is -0.0458. The SMILES string of the molecule is CCN(C(=O)c1cnc(C)cc1NC)c1ccccc1. The van der Waals surface area contributed by atoms with E-state index in [4.69, 9.17) is 0 Å². The third-order valence-electron chi connectivity index (χ3n) is 3.17. The van der Waals surface area contributed by atoms with Crippen molar-refractivity contribution in [1.82, 2.24) is 4.98 Å². The zero-order valence-corrected chi connectivity index (χ0v) is 12.1. The Bertz CT molecular complexity index is 596. The van der Waals surface area contributed by atoms with E-state index in [1.54, 1.807) is 11.1 Å². The normalized spacial score (nSPS) is 10.2. The van der Waals surface area contributed by atoms with Crippen LogP contribution >= 0.6 is 0 Å². The minimum absolute atomic E-state index is 0.0458. The number of nitrogens with zero attached hydrogens (tertiary/aromatic N) is 2. The summed E-state index contributed by atoms with van der Waals surface area (Å²) in [6.07, 6.45) is 1.63. The second-order valence-corrected chi connectivity index (χ2v) is 4.51. The molecule has 0 aliphatic heterocycles. The lowest BCUT2D eigenvalue weighted by Gasteiger charge is -2.22. The Kier molecular flexibility index (Phi) is 4.35. The second kappa shape index (κ2) is 6.19. The zero-order chi connectivity index (χ0) is 14.5. The molecule has 0 atom stereocenters. The third-order valence-corrected chi connectivity index (χ3v) is 3.17. The summed E-state index contributed by atoms with van der Waals surface area (Å²) in [6, 6.07) is 11.5. The molecule has 0 aliphatic rings. The lowest BCUT2D eigenvalue weighted by molar-refractivity contribution is 0.0988. The maximum atomic E-state index is 12.7. The van der Waals surface area contributed by atoms with Crippen LogP contribution in [0.25, 0.3) is 0 Å². The number of carbonyl (C=O) groups is 1. The van der Waals surface area contributed by atoms with E-state index in [0.29, 0.717) is 12.1 Å². The highest BCUT2D eigenvalue weighted by Crippen LogP contribution is 2.21. The van der Waals surface area contributed by atoms with Gasteiger partial charge in [-0.1, -0.05) is 18.2 Å². The van der Waals surface area contributed by atoms with Gasteiger partial charge >= 0.3 is 0 Å². The van der Waals surface area contributed by atoms with Crippen LogP contribution in [0.15, 0.2) is 42.6 Å². The maximum absolute atomic E-state index is 12.7. The van der Waals surface area contributed by atoms with Crippen LogP contribution in [-0.4, -0.2) is 24.5 Å². The molecule has 2 aromatic rings. The van der Waals surface area contributed by atoms with E-state index in [-0.39, 0.29) is 5.91 Å². The van der Waals surface area contributed by atoms with Gasteiger partial charge in [0.15, 0.2) is 0 Å². The van der Waals surface area contributed by atoms with Crippen LogP contribution in [0.4, 0.5) is 11.4 Å². The topological polar surface area (TPSA) is 45.2 Å². The number of hydrogen-bond donors (Lipinski definition) is 1. The van der Waals surface area contributed by atoms with Gasteiger partial charge in [-0.2, -0.15) is 0 Å². The van der Waals surface area contributed by atoms with E-state index in [0.717, 1.165) is 17.1 Å². The molecule has 0 saturated heterocycles. The minimum atomic E-state index is -0.0458. The standard InChI is InChI=1S/C16H19N3O/c1-4-19(13-8-6-5-7-9-13)16(20)14-11-18-12(2)10-15(14)17-3/h5-11H,4H2,1-3H3,(H,17,18). The largest absolute Gasteiger partial charge is 0.387 e. The number of carbonyl (C=O) groups excluding carboxylic acids is 1. The average Bonchev–Trinajstić information content (AvgIpc) is 2.48. The first kappa shape index (κ1) is 14.1. The molecule has 2 rings (SSSR count). The van der Waals surface area contributed by atoms with Crippen molar-refractivity contribution in [2.75, 3.05) is 23.8 Å². The van der Waals surface area contributed by atoms with Gasteiger partial charge in [-0.25, -0.2) is 0 Å². The van der Waals surface area contributed by atoms with Crippen LogP contribution in [0, 0.1) is 6.92 Å². The summed E-state index contributed by atoms with van der Waals surface area (Å²) in [6.45, 7) is 4.48. The van der Waals surface area contributed by atoms with Gasteiger partial charge in [0.2, 0.25) is 0 Å². The number of hydrogen-bond acceptors (Lipinski definition) is 3. The fraction of sp³-hybridized carbons (Fsp3) is 0.250. The number of aryl methyl sites for hydroxylation is 1. The summed E-state index contributed by atoms with van der Waals surface area (Å²) in [5.41, 5.74) is 3.16. The molecule has 1 aromatic carbocycles. The van der Waals surface area contributed by atoms with Crippen molar-refractivity contribution in [1.29, 1.82) is 0 Å². The van der Waals surface area contributed by atoms with E-state index < -0.39 is 0 Å². The summed E-state index contributed by atoms with van der Waals surface area (Å²) < 4.78 is 0. The van der Waals surface area contributed by atoms with Gasteiger partial charge < -0.3 is 10.2 Å². The van der Waals surface area contributed by atoms with Gasteiger partial charge in [0.25, 0.3) is 5.91 Å². The Morgan fingerprint density at radius 1 is 1.30 bits per heavy atom. The molecule has 0 radical (unpaired) electrons. The van der Waals surface area contributed by atoms with Gasteiger partial charge in [0.1, 0.15) is 0 Å². The Balaban J connectivity index is 2.39.